The lowest BCUT2D eigenvalue weighted by molar-refractivity contribution is 0.178. The molecule has 0 aromatic carbocycles. The van der Waals surface area contributed by atoms with Crippen molar-refractivity contribution in [2.75, 3.05) is 7.05 Å². The average Bonchev–Trinajstić information content (AvgIpc) is 2.48. The van der Waals surface area contributed by atoms with Crippen LogP contribution in [0.25, 0.3) is 0 Å². The second kappa shape index (κ2) is 2.63. The Morgan fingerprint density at radius 3 is 3.00 bits per heavy atom. The van der Waals surface area contributed by atoms with Crippen molar-refractivity contribution in [1.29, 1.82) is 0 Å². The topological polar surface area (TPSA) is 19.0 Å². The molecule has 2 heterocycles. The van der Waals surface area contributed by atoms with Crippen LogP contribution in [0, 0.1) is 0 Å². The van der Waals surface area contributed by atoms with Crippen LogP contribution in [-0.2, 0) is 6.42 Å². The van der Waals surface area contributed by atoms with E-state index in [0.29, 0.717) is 12.1 Å². The van der Waals surface area contributed by atoms with Crippen LogP contribution in [0.4, 0.5) is 0 Å². The molecule has 1 aliphatic heterocycles. The van der Waals surface area contributed by atoms with Gasteiger partial charge in [-0.15, -0.1) is 0 Å². The summed E-state index contributed by atoms with van der Waals surface area (Å²) < 4.78 is 0. The smallest absolute Gasteiger partial charge is 0.0337 e. The van der Waals surface area contributed by atoms with E-state index < -0.39 is 0 Å². The standard InChI is InChI=1S/C10H16N2/c1-7-6-10-9(4-5-11-10)8(2)12(7)3/h4-5,7-8,11H,6H2,1-3H3/t7-,8+/m0/s1. The summed E-state index contributed by atoms with van der Waals surface area (Å²) in [6, 6.07) is 3.42. The van der Waals surface area contributed by atoms with Gasteiger partial charge in [0.15, 0.2) is 0 Å². The number of hydrogen-bond acceptors (Lipinski definition) is 1. The summed E-state index contributed by atoms with van der Waals surface area (Å²) in [5.74, 6) is 0. The molecule has 1 aromatic rings. The normalized spacial score (nSPS) is 30.2. The number of nitrogens with zero attached hydrogens (tertiary/aromatic N) is 1. The van der Waals surface area contributed by atoms with Gasteiger partial charge in [0, 0.05) is 30.4 Å². The fraction of sp³-hybridized carbons (Fsp3) is 0.600. The third-order valence-corrected chi connectivity index (χ3v) is 3.12. The van der Waals surface area contributed by atoms with Crippen LogP contribution >= 0.6 is 0 Å². The zero-order valence-electron chi connectivity index (χ0n) is 7.96. The molecule has 2 atom stereocenters. The van der Waals surface area contributed by atoms with Crippen LogP contribution in [0.5, 0.6) is 0 Å². The van der Waals surface area contributed by atoms with Gasteiger partial charge in [0.2, 0.25) is 0 Å². The van der Waals surface area contributed by atoms with Gasteiger partial charge in [0.05, 0.1) is 0 Å². The Balaban J connectivity index is 2.39. The monoisotopic (exact) mass is 164 g/mol. The molecule has 66 valence electrons. The molecule has 0 aliphatic carbocycles. The summed E-state index contributed by atoms with van der Waals surface area (Å²) in [5.41, 5.74) is 2.89. The first-order valence-corrected chi connectivity index (χ1v) is 4.58. The Hall–Kier alpha value is -0.760. The summed E-state index contributed by atoms with van der Waals surface area (Å²) in [5, 5.41) is 0. The van der Waals surface area contributed by atoms with Gasteiger partial charge in [-0.3, -0.25) is 4.90 Å². The molecule has 0 radical (unpaired) electrons. The Kier molecular flexibility index (Phi) is 1.72. The first-order chi connectivity index (χ1) is 5.70. The molecule has 1 aromatic heterocycles. The predicted octanol–water partition coefficient (Wildman–Crippen LogP) is 1.95. The number of aromatic amines is 1. The number of fused-ring (bicyclic) bond motifs is 1. The van der Waals surface area contributed by atoms with Crippen LogP contribution in [0.3, 0.4) is 0 Å². The number of likely N-dealkylation sites (N-methyl/N-ethyl adjacent to an activating group) is 1. The van der Waals surface area contributed by atoms with Crippen molar-refractivity contribution in [2.45, 2.75) is 32.4 Å². The van der Waals surface area contributed by atoms with E-state index in [1.54, 1.807) is 0 Å². The highest BCUT2D eigenvalue weighted by molar-refractivity contribution is 5.27. The molecule has 0 saturated carbocycles. The summed E-state index contributed by atoms with van der Waals surface area (Å²) in [7, 11) is 2.20. The Bertz CT molecular complexity index is 277. The highest BCUT2D eigenvalue weighted by atomic mass is 15.2. The van der Waals surface area contributed by atoms with Crippen molar-refractivity contribution in [3.05, 3.63) is 23.5 Å². The molecule has 0 unspecified atom stereocenters. The maximum atomic E-state index is 3.31. The molecule has 12 heavy (non-hydrogen) atoms. The molecule has 1 N–H and O–H groups in total. The first-order valence-electron chi connectivity index (χ1n) is 4.58. The van der Waals surface area contributed by atoms with E-state index in [1.807, 2.05) is 6.20 Å². The van der Waals surface area contributed by atoms with Crippen molar-refractivity contribution >= 4 is 0 Å². The van der Waals surface area contributed by atoms with Crippen LogP contribution < -0.4 is 0 Å². The van der Waals surface area contributed by atoms with E-state index in [1.165, 1.54) is 11.3 Å². The lowest BCUT2D eigenvalue weighted by Gasteiger charge is -2.35. The van der Waals surface area contributed by atoms with Gasteiger partial charge in [0.25, 0.3) is 0 Å². The van der Waals surface area contributed by atoms with Crippen molar-refractivity contribution < 1.29 is 0 Å². The van der Waals surface area contributed by atoms with Crippen LogP contribution in [0.2, 0.25) is 0 Å². The molecule has 2 nitrogen and oxygen atoms in total. The lowest BCUT2D eigenvalue weighted by Crippen LogP contribution is -2.37. The van der Waals surface area contributed by atoms with E-state index >= 15 is 0 Å². The molecule has 0 bridgehead atoms. The van der Waals surface area contributed by atoms with Crippen molar-refractivity contribution in [2.24, 2.45) is 0 Å². The third-order valence-electron chi connectivity index (χ3n) is 3.12. The maximum Gasteiger partial charge on any atom is 0.0337 e. The lowest BCUT2D eigenvalue weighted by atomic mass is 9.96. The maximum absolute atomic E-state index is 3.31. The van der Waals surface area contributed by atoms with Crippen molar-refractivity contribution in [1.82, 2.24) is 9.88 Å². The number of hydrogen-bond donors (Lipinski definition) is 1. The van der Waals surface area contributed by atoms with Gasteiger partial charge < -0.3 is 4.98 Å². The van der Waals surface area contributed by atoms with E-state index in [4.69, 9.17) is 0 Å². The van der Waals surface area contributed by atoms with E-state index in [2.05, 4.69) is 36.8 Å². The fourth-order valence-electron chi connectivity index (χ4n) is 2.02. The number of rotatable bonds is 0. The third kappa shape index (κ3) is 0.985. The molecule has 0 fully saturated rings. The molecule has 2 rings (SSSR count). The average molecular weight is 164 g/mol. The van der Waals surface area contributed by atoms with Crippen LogP contribution in [0.1, 0.15) is 31.1 Å². The molecule has 0 saturated heterocycles. The summed E-state index contributed by atoms with van der Waals surface area (Å²) in [6.07, 6.45) is 3.20. The Labute approximate surface area is 73.6 Å². The van der Waals surface area contributed by atoms with Gasteiger partial charge >= 0.3 is 0 Å². The largest absolute Gasteiger partial charge is 0.365 e. The summed E-state index contributed by atoms with van der Waals surface area (Å²) >= 11 is 0. The SMILES string of the molecule is C[C@@H]1c2cc[nH]c2C[C@H](C)N1C. The first kappa shape index (κ1) is 7.87. The minimum absolute atomic E-state index is 0.565. The van der Waals surface area contributed by atoms with Crippen molar-refractivity contribution in [3.8, 4) is 0 Å². The van der Waals surface area contributed by atoms with Gasteiger partial charge in [-0.1, -0.05) is 0 Å². The highest BCUT2D eigenvalue weighted by Crippen LogP contribution is 2.30. The highest BCUT2D eigenvalue weighted by Gasteiger charge is 2.26. The van der Waals surface area contributed by atoms with Gasteiger partial charge in [-0.05, 0) is 32.5 Å². The zero-order valence-corrected chi connectivity index (χ0v) is 7.96. The van der Waals surface area contributed by atoms with Crippen molar-refractivity contribution in [3.63, 3.8) is 0 Å². The molecule has 2 heteroatoms. The molecule has 0 amide bonds. The summed E-state index contributed by atoms with van der Waals surface area (Å²) in [4.78, 5) is 5.74. The quantitative estimate of drug-likeness (QED) is 0.621. The molecular weight excluding hydrogens is 148 g/mol. The fourth-order valence-corrected chi connectivity index (χ4v) is 2.02. The van der Waals surface area contributed by atoms with Crippen LogP contribution in [0.15, 0.2) is 12.3 Å². The number of nitrogens with one attached hydrogen (secondary N) is 1. The summed E-state index contributed by atoms with van der Waals surface area (Å²) in [6.45, 7) is 4.54. The van der Waals surface area contributed by atoms with Crippen LogP contribution in [-0.4, -0.2) is 23.0 Å². The molecule has 0 spiro atoms. The van der Waals surface area contributed by atoms with E-state index in [-0.39, 0.29) is 0 Å². The minimum atomic E-state index is 0.565. The van der Waals surface area contributed by atoms with Gasteiger partial charge in [-0.2, -0.15) is 0 Å². The van der Waals surface area contributed by atoms with E-state index in [0.717, 1.165) is 6.42 Å². The minimum Gasteiger partial charge on any atom is -0.365 e. The van der Waals surface area contributed by atoms with Gasteiger partial charge in [-0.25, -0.2) is 0 Å². The Morgan fingerprint density at radius 2 is 2.25 bits per heavy atom. The molecular formula is C10H16N2. The molecule has 1 aliphatic rings. The second-order valence-corrected chi connectivity index (χ2v) is 3.81. The van der Waals surface area contributed by atoms with Gasteiger partial charge in [0.1, 0.15) is 0 Å². The predicted molar refractivity (Wildman–Crippen MR) is 50.1 cm³/mol. The van der Waals surface area contributed by atoms with E-state index in [9.17, 15) is 0 Å². The number of aromatic nitrogens is 1. The second-order valence-electron chi connectivity index (χ2n) is 3.81. The Morgan fingerprint density at radius 1 is 1.50 bits per heavy atom. The number of H-pyrrole nitrogens is 1. The zero-order chi connectivity index (χ0) is 8.72.